The fourth-order valence-electron chi connectivity index (χ4n) is 3.15. The standard InChI is InChI=1S/C23H21FN8O2/c1-23(2,34)20(24)13-29-21(33)16-12-28-18(9-17(16)31-22-26-6-3-7-27-22)19-5-4-15-8-14(10-25)11-30-32(15)19/h3-9,11-12,20,34H,13H2,1-2H3,(H,29,33)(H,26,27,28,31). The van der Waals surface area contributed by atoms with Gasteiger partial charge in [-0.15, -0.1) is 0 Å². The SMILES string of the molecule is CC(C)(O)C(F)CNC(=O)c1cnc(-c2ccc3cc(C#N)cnn23)cc1Nc1ncccn1. The number of aliphatic hydroxyl groups is 1. The number of carbonyl (C=O) groups is 1. The molecule has 3 N–H and O–H groups in total. The second-order valence-electron chi connectivity index (χ2n) is 8.06. The number of halogens is 1. The monoisotopic (exact) mass is 460 g/mol. The smallest absolute Gasteiger partial charge is 0.255 e. The number of hydrogen-bond donors (Lipinski definition) is 3. The van der Waals surface area contributed by atoms with E-state index in [4.69, 9.17) is 5.26 Å². The molecule has 4 rings (SSSR count). The van der Waals surface area contributed by atoms with Crippen LogP contribution in [0.1, 0.15) is 29.8 Å². The Bertz CT molecular complexity index is 1380. The molecule has 4 aromatic rings. The molecule has 0 radical (unpaired) electrons. The second kappa shape index (κ2) is 9.21. The fourth-order valence-corrected chi connectivity index (χ4v) is 3.15. The largest absolute Gasteiger partial charge is 0.387 e. The molecule has 0 aliphatic carbocycles. The van der Waals surface area contributed by atoms with E-state index in [2.05, 4.69) is 36.8 Å². The van der Waals surface area contributed by atoms with E-state index >= 15 is 0 Å². The lowest BCUT2D eigenvalue weighted by molar-refractivity contribution is -0.00177. The maximum Gasteiger partial charge on any atom is 0.255 e. The van der Waals surface area contributed by atoms with E-state index in [1.807, 2.05) is 0 Å². The molecule has 4 heterocycles. The number of nitriles is 1. The van der Waals surface area contributed by atoms with E-state index in [0.717, 1.165) is 0 Å². The van der Waals surface area contributed by atoms with Crippen molar-refractivity contribution < 1.29 is 14.3 Å². The molecule has 0 bridgehead atoms. The lowest BCUT2D eigenvalue weighted by Gasteiger charge is -2.22. The molecule has 1 unspecified atom stereocenters. The third-order valence-corrected chi connectivity index (χ3v) is 5.06. The highest BCUT2D eigenvalue weighted by molar-refractivity contribution is 6.00. The van der Waals surface area contributed by atoms with Crippen molar-refractivity contribution in [3.63, 3.8) is 0 Å². The van der Waals surface area contributed by atoms with Gasteiger partial charge in [0, 0.05) is 18.6 Å². The number of hydrogen-bond acceptors (Lipinski definition) is 8. The highest BCUT2D eigenvalue weighted by atomic mass is 19.1. The van der Waals surface area contributed by atoms with Crippen molar-refractivity contribution in [1.29, 1.82) is 5.26 Å². The van der Waals surface area contributed by atoms with Crippen LogP contribution in [-0.4, -0.2) is 53.9 Å². The summed E-state index contributed by atoms with van der Waals surface area (Å²) in [4.78, 5) is 25.5. The summed E-state index contributed by atoms with van der Waals surface area (Å²) in [6, 6.07) is 10.6. The van der Waals surface area contributed by atoms with Gasteiger partial charge in [0.15, 0.2) is 0 Å². The molecule has 10 nitrogen and oxygen atoms in total. The van der Waals surface area contributed by atoms with Crippen molar-refractivity contribution in [2.24, 2.45) is 0 Å². The quantitative estimate of drug-likeness (QED) is 0.382. The number of nitrogens with one attached hydrogen (secondary N) is 2. The number of carbonyl (C=O) groups excluding carboxylic acids is 1. The van der Waals surface area contributed by atoms with Gasteiger partial charge in [-0.05, 0) is 44.2 Å². The van der Waals surface area contributed by atoms with Gasteiger partial charge < -0.3 is 15.7 Å². The van der Waals surface area contributed by atoms with Crippen molar-refractivity contribution in [2.75, 3.05) is 11.9 Å². The Balaban J connectivity index is 1.70. The zero-order valence-electron chi connectivity index (χ0n) is 18.4. The van der Waals surface area contributed by atoms with Crippen molar-refractivity contribution >= 4 is 23.1 Å². The topological polar surface area (TPSA) is 141 Å². The summed E-state index contributed by atoms with van der Waals surface area (Å²) < 4.78 is 15.8. The summed E-state index contributed by atoms with van der Waals surface area (Å²) in [7, 11) is 0. The Kier molecular flexibility index (Phi) is 6.16. The van der Waals surface area contributed by atoms with Gasteiger partial charge in [-0.1, -0.05) is 0 Å². The maximum absolute atomic E-state index is 14.1. The van der Waals surface area contributed by atoms with E-state index in [1.165, 1.54) is 26.2 Å². The molecule has 172 valence electrons. The second-order valence-corrected chi connectivity index (χ2v) is 8.06. The van der Waals surface area contributed by atoms with E-state index < -0.39 is 17.7 Å². The Morgan fingerprint density at radius 3 is 2.71 bits per heavy atom. The van der Waals surface area contributed by atoms with Gasteiger partial charge >= 0.3 is 0 Å². The van der Waals surface area contributed by atoms with Crippen molar-refractivity contribution in [2.45, 2.75) is 25.6 Å². The van der Waals surface area contributed by atoms with E-state index in [1.54, 1.807) is 47.2 Å². The van der Waals surface area contributed by atoms with Crippen molar-refractivity contribution in [1.82, 2.24) is 29.9 Å². The number of rotatable bonds is 7. The lowest BCUT2D eigenvalue weighted by atomic mass is 10.0. The predicted octanol–water partition coefficient (Wildman–Crippen LogP) is 2.64. The van der Waals surface area contributed by atoms with Gasteiger partial charge in [-0.3, -0.25) is 9.78 Å². The van der Waals surface area contributed by atoms with Gasteiger partial charge in [0.25, 0.3) is 5.91 Å². The van der Waals surface area contributed by atoms with Gasteiger partial charge in [-0.2, -0.15) is 10.4 Å². The van der Waals surface area contributed by atoms with Crippen LogP contribution in [0.3, 0.4) is 0 Å². The third-order valence-electron chi connectivity index (χ3n) is 5.06. The Morgan fingerprint density at radius 1 is 1.24 bits per heavy atom. The normalized spacial score (nSPS) is 12.2. The molecule has 0 aliphatic heterocycles. The zero-order chi connectivity index (χ0) is 24.3. The predicted molar refractivity (Wildman–Crippen MR) is 122 cm³/mol. The molecule has 0 saturated heterocycles. The molecule has 0 spiro atoms. The first kappa shape index (κ1) is 22.8. The van der Waals surface area contributed by atoms with Gasteiger partial charge in [-0.25, -0.2) is 18.9 Å². The summed E-state index contributed by atoms with van der Waals surface area (Å²) in [5, 5.41) is 28.7. The summed E-state index contributed by atoms with van der Waals surface area (Å²) in [6.07, 6.45) is 4.24. The molecule has 0 fully saturated rings. The third kappa shape index (κ3) is 4.82. The van der Waals surface area contributed by atoms with Crippen LogP contribution < -0.4 is 10.6 Å². The minimum absolute atomic E-state index is 0.139. The highest BCUT2D eigenvalue weighted by Crippen LogP contribution is 2.27. The first-order valence-corrected chi connectivity index (χ1v) is 10.3. The van der Waals surface area contributed by atoms with Crippen LogP contribution in [0.2, 0.25) is 0 Å². The molecule has 0 aromatic carbocycles. The zero-order valence-corrected chi connectivity index (χ0v) is 18.4. The molecule has 1 atom stereocenters. The molecule has 11 heteroatoms. The lowest BCUT2D eigenvalue weighted by Crippen LogP contribution is -2.42. The fraction of sp³-hybridized carbons (Fsp3) is 0.217. The number of aromatic nitrogens is 5. The van der Waals surface area contributed by atoms with Crippen LogP contribution in [-0.2, 0) is 0 Å². The Morgan fingerprint density at radius 2 is 2.00 bits per heavy atom. The number of nitrogens with zero attached hydrogens (tertiary/aromatic N) is 6. The summed E-state index contributed by atoms with van der Waals surface area (Å²) >= 11 is 0. The van der Waals surface area contributed by atoms with Crippen molar-refractivity contribution in [3.05, 3.63) is 66.2 Å². The van der Waals surface area contributed by atoms with Crippen LogP contribution >= 0.6 is 0 Å². The Labute approximate surface area is 194 Å². The molecule has 1 amide bonds. The van der Waals surface area contributed by atoms with Crippen LogP contribution in [0.4, 0.5) is 16.0 Å². The summed E-state index contributed by atoms with van der Waals surface area (Å²) in [5.41, 5.74) is 1.15. The van der Waals surface area contributed by atoms with Crippen LogP contribution in [0, 0.1) is 11.3 Å². The number of anilines is 2. The van der Waals surface area contributed by atoms with Gasteiger partial charge in [0.2, 0.25) is 5.95 Å². The number of alkyl halides is 1. The molecule has 0 aliphatic rings. The molecule has 34 heavy (non-hydrogen) atoms. The van der Waals surface area contributed by atoms with Crippen molar-refractivity contribution in [3.8, 4) is 17.5 Å². The first-order chi connectivity index (χ1) is 16.3. The minimum Gasteiger partial charge on any atom is -0.387 e. The Hall–Kier alpha value is -4.43. The maximum atomic E-state index is 14.1. The van der Waals surface area contributed by atoms with E-state index in [-0.39, 0.29) is 18.1 Å². The highest BCUT2D eigenvalue weighted by Gasteiger charge is 2.27. The van der Waals surface area contributed by atoms with Crippen LogP contribution in [0.25, 0.3) is 16.9 Å². The van der Waals surface area contributed by atoms with E-state index in [9.17, 15) is 14.3 Å². The molecular weight excluding hydrogens is 439 g/mol. The van der Waals surface area contributed by atoms with Crippen LogP contribution in [0.15, 0.2) is 55.1 Å². The average molecular weight is 460 g/mol. The van der Waals surface area contributed by atoms with Crippen LogP contribution in [0.5, 0.6) is 0 Å². The minimum atomic E-state index is -1.66. The molecule has 0 saturated carbocycles. The molecule has 4 aromatic heterocycles. The van der Waals surface area contributed by atoms with E-state index in [0.29, 0.717) is 28.2 Å². The number of amides is 1. The average Bonchev–Trinajstić information content (AvgIpc) is 3.25. The molecular formula is C23H21FN8O2. The number of fused-ring (bicyclic) bond motifs is 1. The number of pyridine rings is 1. The summed E-state index contributed by atoms with van der Waals surface area (Å²) in [5.74, 6) is -0.327. The summed E-state index contributed by atoms with van der Waals surface area (Å²) in [6.45, 7) is 2.28. The first-order valence-electron chi connectivity index (χ1n) is 10.3. The van der Waals surface area contributed by atoms with Gasteiger partial charge in [0.1, 0.15) is 12.2 Å². The van der Waals surface area contributed by atoms with Gasteiger partial charge in [0.05, 0.1) is 52.1 Å².